The smallest absolute Gasteiger partial charge is 0.219 e. The summed E-state index contributed by atoms with van der Waals surface area (Å²) in [5.74, 6) is 1.84. The SMILES string of the molecule is CC(=O)N1CCc2[nH]nc(Nc3cccc(Br)c3)c2C1.CC(=O)N1CCc2c(c(Nc3cccc(Br)c3)nn2C)C1. The van der Waals surface area contributed by atoms with Crippen LogP contribution >= 0.6 is 31.9 Å². The number of rotatable bonds is 4. The molecule has 0 atom stereocenters. The Balaban J connectivity index is 0.000000165. The third kappa shape index (κ3) is 6.82. The third-order valence-electron chi connectivity index (χ3n) is 7.24. The zero-order chi connectivity index (χ0) is 29.1. The van der Waals surface area contributed by atoms with Crippen LogP contribution in [0.5, 0.6) is 0 Å². The molecule has 4 heterocycles. The van der Waals surface area contributed by atoms with Gasteiger partial charge in [-0.25, -0.2) is 0 Å². The molecule has 214 valence electrons. The monoisotopic (exact) mass is 682 g/mol. The fraction of sp³-hybridized carbons (Fsp3) is 0.310. The number of aromatic nitrogens is 4. The molecule has 0 saturated heterocycles. The van der Waals surface area contributed by atoms with Crippen molar-refractivity contribution < 1.29 is 9.59 Å². The molecular weight excluding hydrogens is 652 g/mol. The van der Waals surface area contributed by atoms with Crippen LogP contribution in [0.4, 0.5) is 23.0 Å². The fourth-order valence-electron chi connectivity index (χ4n) is 5.03. The molecule has 12 heteroatoms. The standard InChI is InChI=1S/C15H17BrN4O.C14H15BrN4O/c1-10(21)20-7-6-14-13(9-20)15(18-19(14)2)17-12-5-3-4-11(16)8-12;1-9(20)19-6-5-13-12(8-19)14(18-17-13)16-11-4-2-3-10(15)7-11/h3-5,8H,6-7,9H2,1-2H3,(H,17,18);2-4,7H,5-6,8H2,1H3,(H2,16,17,18). The van der Waals surface area contributed by atoms with Crippen LogP contribution in [0.3, 0.4) is 0 Å². The van der Waals surface area contributed by atoms with E-state index in [9.17, 15) is 9.59 Å². The highest BCUT2D eigenvalue weighted by molar-refractivity contribution is 9.10. The van der Waals surface area contributed by atoms with Gasteiger partial charge in [0.1, 0.15) is 0 Å². The number of anilines is 4. The Morgan fingerprint density at radius 3 is 1.98 bits per heavy atom. The van der Waals surface area contributed by atoms with E-state index in [0.29, 0.717) is 13.1 Å². The van der Waals surface area contributed by atoms with Crippen molar-refractivity contribution in [3.05, 3.63) is 80.0 Å². The van der Waals surface area contributed by atoms with Crippen molar-refractivity contribution in [3.63, 3.8) is 0 Å². The first-order chi connectivity index (χ1) is 19.7. The molecule has 6 rings (SSSR count). The number of fused-ring (bicyclic) bond motifs is 2. The van der Waals surface area contributed by atoms with Gasteiger partial charge in [-0.1, -0.05) is 44.0 Å². The summed E-state index contributed by atoms with van der Waals surface area (Å²) in [6.07, 6.45) is 1.67. The van der Waals surface area contributed by atoms with Gasteiger partial charge in [-0.2, -0.15) is 10.2 Å². The van der Waals surface area contributed by atoms with Crippen molar-refractivity contribution in [1.29, 1.82) is 0 Å². The Kier molecular flexibility index (Phi) is 8.79. The Morgan fingerprint density at radius 1 is 0.829 bits per heavy atom. The van der Waals surface area contributed by atoms with Crippen molar-refractivity contribution in [2.24, 2.45) is 7.05 Å². The first kappa shape index (κ1) is 28.9. The number of aromatic amines is 1. The van der Waals surface area contributed by atoms with Gasteiger partial charge in [0.05, 0.1) is 13.1 Å². The average Bonchev–Trinajstić information content (AvgIpc) is 3.48. The zero-order valence-electron chi connectivity index (χ0n) is 23.2. The van der Waals surface area contributed by atoms with E-state index in [2.05, 4.69) is 57.8 Å². The van der Waals surface area contributed by atoms with Crippen LogP contribution < -0.4 is 10.6 Å². The van der Waals surface area contributed by atoms with E-state index in [1.807, 2.05) is 70.1 Å². The molecule has 0 aliphatic carbocycles. The van der Waals surface area contributed by atoms with Gasteiger partial charge in [-0.05, 0) is 36.4 Å². The minimum absolute atomic E-state index is 0.102. The normalized spacial score (nSPS) is 14.0. The summed E-state index contributed by atoms with van der Waals surface area (Å²) >= 11 is 6.91. The quantitative estimate of drug-likeness (QED) is 0.256. The summed E-state index contributed by atoms with van der Waals surface area (Å²) < 4.78 is 3.94. The summed E-state index contributed by atoms with van der Waals surface area (Å²) in [4.78, 5) is 26.8. The molecule has 4 aromatic rings. The molecule has 2 aromatic heterocycles. The molecule has 0 bridgehead atoms. The van der Waals surface area contributed by atoms with Gasteiger partial charge < -0.3 is 20.4 Å². The summed E-state index contributed by atoms with van der Waals surface area (Å²) in [5.41, 5.74) is 6.44. The Bertz CT molecular complexity index is 1580. The van der Waals surface area contributed by atoms with Crippen LogP contribution in [0, 0.1) is 0 Å². The molecule has 2 aliphatic heterocycles. The lowest BCUT2D eigenvalue weighted by atomic mass is 10.1. The molecule has 10 nitrogen and oxygen atoms in total. The predicted octanol–water partition coefficient (Wildman–Crippen LogP) is 5.65. The number of H-pyrrole nitrogens is 1. The molecule has 0 saturated carbocycles. The molecule has 0 unspecified atom stereocenters. The van der Waals surface area contributed by atoms with E-state index in [0.717, 1.165) is 74.7 Å². The Morgan fingerprint density at radius 2 is 1.39 bits per heavy atom. The summed E-state index contributed by atoms with van der Waals surface area (Å²) in [6.45, 7) is 5.96. The highest BCUT2D eigenvalue weighted by Crippen LogP contribution is 2.29. The van der Waals surface area contributed by atoms with Crippen LogP contribution in [0.15, 0.2) is 57.5 Å². The minimum Gasteiger partial charge on any atom is -0.338 e. The highest BCUT2D eigenvalue weighted by Gasteiger charge is 2.25. The van der Waals surface area contributed by atoms with Crippen LogP contribution in [0.2, 0.25) is 0 Å². The number of carbonyl (C=O) groups is 2. The summed E-state index contributed by atoms with van der Waals surface area (Å²) in [5, 5.41) is 18.6. The minimum atomic E-state index is 0.102. The largest absolute Gasteiger partial charge is 0.338 e. The van der Waals surface area contributed by atoms with E-state index < -0.39 is 0 Å². The summed E-state index contributed by atoms with van der Waals surface area (Å²) in [6, 6.07) is 15.9. The highest BCUT2D eigenvalue weighted by atomic mass is 79.9. The van der Waals surface area contributed by atoms with Crippen LogP contribution in [0.25, 0.3) is 0 Å². The number of hydrogen-bond donors (Lipinski definition) is 3. The molecule has 0 spiro atoms. The van der Waals surface area contributed by atoms with Crippen molar-refractivity contribution in [2.45, 2.75) is 39.8 Å². The first-order valence-corrected chi connectivity index (χ1v) is 14.9. The number of halogens is 2. The molecule has 2 aliphatic rings. The number of hydrogen-bond acceptors (Lipinski definition) is 6. The Labute approximate surface area is 255 Å². The number of carbonyl (C=O) groups excluding carboxylic acids is 2. The molecule has 3 N–H and O–H groups in total. The topological polar surface area (TPSA) is 111 Å². The maximum Gasteiger partial charge on any atom is 0.219 e. The van der Waals surface area contributed by atoms with Crippen molar-refractivity contribution in [2.75, 3.05) is 23.7 Å². The average molecular weight is 684 g/mol. The van der Waals surface area contributed by atoms with Crippen LogP contribution in [0.1, 0.15) is 36.4 Å². The van der Waals surface area contributed by atoms with Crippen molar-refractivity contribution >= 4 is 66.7 Å². The van der Waals surface area contributed by atoms with Gasteiger partial charge in [-0.15, -0.1) is 0 Å². The number of benzene rings is 2. The molecule has 0 fully saturated rings. The van der Waals surface area contributed by atoms with E-state index >= 15 is 0 Å². The maximum absolute atomic E-state index is 11.6. The van der Waals surface area contributed by atoms with Gasteiger partial charge in [0.25, 0.3) is 0 Å². The zero-order valence-corrected chi connectivity index (χ0v) is 26.3. The number of aryl methyl sites for hydroxylation is 1. The van der Waals surface area contributed by atoms with Gasteiger partial charge in [0.15, 0.2) is 11.6 Å². The van der Waals surface area contributed by atoms with Gasteiger partial charge in [-0.3, -0.25) is 19.4 Å². The second-order valence-electron chi connectivity index (χ2n) is 10.1. The predicted molar refractivity (Wildman–Crippen MR) is 166 cm³/mol. The lowest BCUT2D eigenvalue weighted by Crippen LogP contribution is -2.34. The maximum atomic E-state index is 11.6. The number of amides is 2. The van der Waals surface area contributed by atoms with E-state index in [1.165, 1.54) is 5.69 Å². The van der Waals surface area contributed by atoms with Gasteiger partial charge in [0, 0.05) is 89.7 Å². The molecule has 41 heavy (non-hydrogen) atoms. The van der Waals surface area contributed by atoms with E-state index in [1.54, 1.807) is 13.8 Å². The van der Waals surface area contributed by atoms with Crippen LogP contribution in [-0.4, -0.2) is 54.7 Å². The Hall–Kier alpha value is -3.64. The molecular formula is C29H32Br2N8O2. The van der Waals surface area contributed by atoms with Gasteiger partial charge >= 0.3 is 0 Å². The summed E-state index contributed by atoms with van der Waals surface area (Å²) in [7, 11) is 1.95. The fourth-order valence-corrected chi connectivity index (χ4v) is 5.83. The second kappa shape index (κ2) is 12.5. The molecule has 0 radical (unpaired) electrons. The van der Waals surface area contributed by atoms with E-state index in [-0.39, 0.29) is 11.8 Å². The first-order valence-electron chi connectivity index (χ1n) is 13.3. The lowest BCUT2D eigenvalue weighted by molar-refractivity contribution is -0.130. The van der Waals surface area contributed by atoms with Crippen molar-refractivity contribution in [3.8, 4) is 0 Å². The van der Waals surface area contributed by atoms with E-state index in [4.69, 9.17) is 0 Å². The third-order valence-corrected chi connectivity index (χ3v) is 8.23. The second-order valence-corrected chi connectivity index (χ2v) is 11.9. The van der Waals surface area contributed by atoms with Gasteiger partial charge in [0.2, 0.25) is 11.8 Å². The van der Waals surface area contributed by atoms with Crippen LogP contribution in [-0.2, 0) is 42.6 Å². The lowest BCUT2D eigenvalue weighted by Gasteiger charge is -2.26. The molecule has 2 amide bonds. The molecule has 2 aromatic carbocycles. The number of nitrogens with zero attached hydrogens (tertiary/aromatic N) is 5. The van der Waals surface area contributed by atoms with Crippen molar-refractivity contribution in [1.82, 2.24) is 29.8 Å². The number of nitrogens with one attached hydrogen (secondary N) is 3.